The lowest BCUT2D eigenvalue weighted by Gasteiger charge is -2.25. The van der Waals surface area contributed by atoms with Crippen molar-refractivity contribution in [2.75, 3.05) is 0 Å². The number of hydrogen-bond donors (Lipinski definition) is 1. The maximum absolute atomic E-state index is 14.3. The molecule has 0 radical (unpaired) electrons. The van der Waals surface area contributed by atoms with E-state index in [1.54, 1.807) is 13.0 Å². The summed E-state index contributed by atoms with van der Waals surface area (Å²) in [6.07, 6.45) is 3.64. The van der Waals surface area contributed by atoms with Gasteiger partial charge in [0.2, 0.25) is 0 Å². The molecule has 0 aliphatic heterocycles. The topological polar surface area (TPSA) is 24.9 Å². The first-order valence-corrected chi connectivity index (χ1v) is 10.5. The molecule has 0 spiro atoms. The highest BCUT2D eigenvalue weighted by atomic mass is 19.1. The third-order valence-electron chi connectivity index (χ3n) is 5.76. The molecule has 2 atom stereocenters. The van der Waals surface area contributed by atoms with Crippen molar-refractivity contribution < 1.29 is 4.39 Å². The second kappa shape index (κ2) is 9.19. The van der Waals surface area contributed by atoms with Crippen molar-refractivity contribution in [3.8, 4) is 0 Å². The molecule has 4 rings (SSSR count). The number of halogens is 1. The van der Waals surface area contributed by atoms with Gasteiger partial charge in [-0.3, -0.25) is 4.98 Å². The van der Waals surface area contributed by atoms with Crippen LogP contribution in [-0.4, -0.2) is 4.98 Å². The number of pyridine rings is 1. The van der Waals surface area contributed by atoms with E-state index in [1.807, 2.05) is 42.6 Å². The Morgan fingerprint density at radius 2 is 1.77 bits per heavy atom. The van der Waals surface area contributed by atoms with Crippen LogP contribution < -0.4 is 5.32 Å². The van der Waals surface area contributed by atoms with Gasteiger partial charge in [0.15, 0.2) is 0 Å². The van der Waals surface area contributed by atoms with Crippen LogP contribution in [0.15, 0.2) is 85.1 Å². The molecule has 4 aromatic rings. The third-order valence-corrected chi connectivity index (χ3v) is 5.76. The minimum atomic E-state index is -0.152. The second-order valence-electron chi connectivity index (χ2n) is 7.89. The van der Waals surface area contributed by atoms with Crippen molar-refractivity contribution in [2.45, 2.75) is 38.8 Å². The summed E-state index contributed by atoms with van der Waals surface area (Å²) < 4.78 is 14.3. The highest BCUT2D eigenvalue weighted by Gasteiger charge is 2.18. The average Bonchev–Trinajstić information content (AvgIpc) is 2.78. The summed E-state index contributed by atoms with van der Waals surface area (Å²) >= 11 is 0. The van der Waals surface area contributed by atoms with Crippen LogP contribution in [0.4, 0.5) is 4.39 Å². The largest absolute Gasteiger partial charge is 0.303 e. The number of nitrogens with one attached hydrogen (secondary N) is 1. The van der Waals surface area contributed by atoms with Crippen LogP contribution in [0.5, 0.6) is 0 Å². The molecule has 0 aliphatic rings. The van der Waals surface area contributed by atoms with Crippen molar-refractivity contribution in [2.24, 2.45) is 0 Å². The number of rotatable bonds is 7. The van der Waals surface area contributed by atoms with Crippen LogP contribution >= 0.6 is 0 Å². The summed E-state index contributed by atoms with van der Waals surface area (Å²) in [5, 5.41) is 4.91. The van der Waals surface area contributed by atoms with Crippen molar-refractivity contribution >= 4 is 10.9 Å². The Morgan fingerprint density at radius 3 is 2.57 bits per heavy atom. The fourth-order valence-electron chi connectivity index (χ4n) is 4.02. The second-order valence-corrected chi connectivity index (χ2v) is 7.89. The Hall–Kier alpha value is -3.04. The molecule has 0 bridgehead atoms. The number of fused-ring (bicyclic) bond motifs is 1. The van der Waals surface area contributed by atoms with Gasteiger partial charge in [-0.15, -0.1) is 0 Å². The van der Waals surface area contributed by atoms with E-state index in [2.05, 4.69) is 53.6 Å². The van der Waals surface area contributed by atoms with E-state index in [9.17, 15) is 4.39 Å². The highest BCUT2D eigenvalue weighted by Crippen LogP contribution is 2.28. The van der Waals surface area contributed by atoms with Gasteiger partial charge in [-0.1, -0.05) is 60.7 Å². The first-order chi connectivity index (χ1) is 14.6. The average molecular weight is 399 g/mol. The smallest absolute Gasteiger partial charge is 0.126 e. The zero-order valence-corrected chi connectivity index (χ0v) is 17.5. The Labute approximate surface area is 177 Å². The number of hydrogen-bond acceptors (Lipinski definition) is 2. The van der Waals surface area contributed by atoms with E-state index < -0.39 is 0 Å². The minimum Gasteiger partial charge on any atom is -0.303 e. The fraction of sp³-hybridized carbons (Fsp3) is 0.222. The molecule has 0 fully saturated rings. The number of nitrogens with zero attached hydrogens (tertiary/aromatic N) is 1. The molecule has 3 aromatic carbocycles. The molecular weight excluding hydrogens is 371 g/mol. The number of benzene rings is 3. The molecule has 3 heteroatoms. The fourth-order valence-corrected chi connectivity index (χ4v) is 4.02. The normalized spacial score (nSPS) is 13.3. The van der Waals surface area contributed by atoms with E-state index in [-0.39, 0.29) is 17.9 Å². The summed E-state index contributed by atoms with van der Waals surface area (Å²) in [7, 11) is 0. The van der Waals surface area contributed by atoms with Crippen molar-refractivity contribution in [1.29, 1.82) is 0 Å². The van der Waals surface area contributed by atoms with Gasteiger partial charge in [0.05, 0.1) is 5.52 Å². The van der Waals surface area contributed by atoms with Gasteiger partial charge in [0.1, 0.15) is 5.82 Å². The van der Waals surface area contributed by atoms with E-state index in [0.717, 1.165) is 29.3 Å². The predicted molar refractivity (Wildman–Crippen MR) is 122 cm³/mol. The molecule has 0 saturated heterocycles. The Bertz CT molecular complexity index is 1120. The van der Waals surface area contributed by atoms with E-state index in [0.29, 0.717) is 5.56 Å². The molecular formula is C27H27FN2. The van der Waals surface area contributed by atoms with E-state index >= 15 is 0 Å². The van der Waals surface area contributed by atoms with Crippen LogP contribution in [0, 0.1) is 12.7 Å². The minimum absolute atomic E-state index is 0.0437. The lowest BCUT2D eigenvalue weighted by molar-refractivity contribution is 0.442. The van der Waals surface area contributed by atoms with Gasteiger partial charge in [-0.2, -0.15) is 0 Å². The van der Waals surface area contributed by atoms with Gasteiger partial charge in [-0.05, 0) is 67.1 Å². The van der Waals surface area contributed by atoms with Gasteiger partial charge in [-0.25, -0.2) is 4.39 Å². The predicted octanol–water partition coefficient (Wildman–Crippen LogP) is 6.71. The molecule has 1 aromatic heterocycles. The molecule has 2 nitrogen and oxygen atoms in total. The van der Waals surface area contributed by atoms with Crippen LogP contribution in [-0.2, 0) is 6.42 Å². The van der Waals surface area contributed by atoms with Gasteiger partial charge >= 0.3 is 0 Å². The SMILES string of the molecule is Cc1ccc(C(CCc2ccccc2)NC(C)c2cccc3ncccc23)cc1F. The van der Waals surface area contributed by atoms with Crippen LogP contribution in [0.1, 0.15) is 47.7 Å². The lowest BCUT2D eigenvalue weighted by Crippen LogP contribution is -2.25. The molecule has 1 heterocycles. The summed E-state index contributed by atoms with van der Waals surface area (Å²) in [5.41, 5.74) is 5.15. The summed E-state index contributed by atoms with van der Waals surface area (Å²) in [6.45, 7) is 3.97. The zero-order valence-electron chi connectivity index (χ0n) is 17.5. The van der Waals surface area contributed by atoms with Crippen molar-refractivity contribution in [1.82, 2.24) is 10.3 Å². The third kappa shape index (κ3) is 4.58. The van der Waals surface area contributed by atoms with Crippen LogP contribution in [0.3, 0.4) is 0 Å². The molecule has 152 valence electrons. The van der Waals surface area contributed by atoms with Gasteiger partial charge in [0, 0.05) is 23.7 Å². The van der Waals surface area contributed by atoms with E-state index in [4.69, 9.17) is 0 Å². The Kier molecular flexibility index (Phi) is 6.20. The summed E-state index contributed by atoms with van der Waals surface area (Å²) in [6, 6.07) is 26.5. The Balaban J connectivity index is 1.61. The number of aryl methyl sites for hydroxylation is 2. The van der Waals surface area contributed by atoms with Crippen molar-refractivity contribution in [3.63, 3.8) is 0 Å². The van der Waals surface area contributed by atoms with Gasteiger partial charge < -0.3 is 5.32 Å². The van der Waals surface area contributed by atoms with E-state index in [1.165, 1.54) is 11.1 Å². The first kappa shape index (κ1) is 20.2. The lowest BCUT2D eigenvalue weighted by atomic mass is 9.95. The zero-order chi connectivity index (χ0) is 20.9. The van der Waals surface area contributed by atoms with Crippen LogP contribution in [0.25, 0.3) is 10.9 Å². The molecule has 0 amide bonds. The highest BCUT2D eigenvalue weighted by molar-refractivity contribution is 5.82. The molecule has 1 N–H and O–H groups in total. The molecule has 0 saturated carbocycles. The van der Waals surface area contributed by atoms with Gasteiger partial charge in [0.25, 0.3) is 0 Å². The maximum atomic E-state index is 14.3. The monoisotopic (exact) mass is 398 g/mol. The maximum Gasteiger partial charge on any atom is 0.126 e. The van der Waals surface area contributed by atoms with Crippen LogP contribution in [0.2, 0.25) is 0 Å². The summed E-state index contributed by atoms with van der Waals surface area (Å²) in [5.74, 6) is -0.152. The standard InChI is InChI=1S/C27H27FN2/c1-19-13-15-22(18-25(19)28)26(16-14-21-8-4-3-5-9-21)30-20(2)23-10-6-12-27-24(23)11-7-17-29-27/h3-13,15,17-18,20,26,30H,14,16H2,1-2H3. The first-order valence-electron chi connectivity index (χ1n) is 10.5. The van der Waals surface area contributed by atoms with Crippen molar-refractivity contribution in [3.05, 3.63) is 113 Å². The molecule has 0 aliphatic carbocycles. The molecule has 30 heavy (non-hydrogen) atoms. The Morgan fingerprint density at radius 1 is 0.933 bits per heavy atom. The number of aromatic nitrogens is 1. The molecule has 2 unspecified atom stereocenters. The quantitative estimate of drug-likeness (QED) is 0.374. The summed E-state index contributed by atoms with van der Waals surface area (Å²) in [4.78, 5) is 4.48.